The molecule has 0 saturated carbocycles. The van der Waals surface area contributed by atoms with E-state index in [1.165, 1.54) is 6.07 Å². The van der Waals surface area contributed by atoms with E-state index in [1.807, 2.05) is 4.90 Å². The van der Waals surface area contributed by atoms with Crippen molar-refractivity contribution in [2.24, 2.45) is 0 Å². The number of hydrogen-bond acceptors (Lipinski definition) is 4. The third-order valence-corrected chi connectivity index (χ3v) is 4.53. The summed E-state index contributed by atoms with van der Waals surface area (Å²) >= 11 is 0. The van der Waals surface area contributed by atoms with Crippen LogP contribution in [0.4, 0.5) is 8.78 Å². The average Bonchev–Trinajstić information content (AvgIpc) is 2.66. The molecule has 1 aliphatic rings. The Morgan fingerprint density at radius 3 is 2.77 bits per heavy atom. The monoisotopic (exact) mass is 354 g/mol. The zero-order chi connectivity index (χ0) is 18.1. The number of halogens is 2. The maximum absolute atomic E-state index is 13.9. The molecule has 0 amide bonds. The molecule has 7 heteroatoms. The minimum atomic E-state index is -0.860. The van der Waals surface area contributed by atoms with Crippen LogP contribution in [-0.4, -0.2) is 26.4 Å². The molecular weight excluding hydrogens is 338 g/mol. The van der Waals surface area contributed by atoms with E-state index in [0.29, 0.717) is 30.9 Å². The summed E-state index contributed by atoms with van der Waals surface area (Å²) < 4.78 is 27.3. The highest BCUT2D eigenvalue weighted by atomic mass is 19.2. The van der Waals surface area contributed by atoms with Gasteiger partial charge >= 0.3 is 0 Å². The molecule has 5 nitrogen and oxygen atoms in total. The van der Waals surface area contributed by atoms with Crippen molar-refractivity contribution in [2.75, 3.05) is 6.54 Å². The number of nitrogens with zero attached hydrogens (tertiary/aromatic N) is 3. The summed E-state index contributed by atoms with van der Waals surface area (Å²) in [5.41, 5.74) is 2.20. The molecule has 0 bridgehead atoms. The fourth-order valence-electron chi connectivity index (χ4n) is 3.17. The van der Waals surface area contributed by atoms with Gasteiger partial charge in [0.05, 0.1) is 11.3 Å². The topological polar surface area (TPSA) is 61.9 Å². The van der Waals surface area contributed by atoms with Crippen LogP contribution in [0.1, 0.15) is 16.8 Å². The van der Waals surface area contributed by atoms with Crippen LogP contribution >= 0.6 is 0 Å². The summed E-state index contributed by atoms with van der Waals surface area (Å²) in [4.78, 5) is 25.8. The van der Waals surface area contributed by atoms with E-state index in [1.54, 1.807) is 30.6 Å². The van der Waals surface area contributed by atoms with Gasteiger partial charge in [-0.05, 0) is 18.2 Å². The van der Waals surface area contributed by atoms with Gasteiger partial charge in [0.1, 0.15) is 5.82 Å². The van der Waals surface area contributed by atoms with E-state index in [-0.39, 0.29) is 17.7 Å². The first kappa shape index (κ1) is 16.5. The molecular formula is C19H16F2N4O. The zero-order valence-electron chi connectivity index (χ0n) is 13.9. The summed E-state index contributed by atoms with van der Waals surface area (Å²) in [5.74, 6) is -1.18. The lowest BCUT2D eigenvalue weighted by Crippen LogP contribution is -2.35. The number of aromatic amines is 1. The predicted molar refractivity (Wildman–Crippen MR) is 92.3 cm³/mol. The Morgan fingerprint density at radius 2 is 1.96 bits per heavy atom. The predicted octanol–water partition coefficient (Wildman–Crippen LogP) is 2.67. The van der Waals surface area contributed by atoms with Gasteiger partial charge in [0.15, 0.2) is 11.6 Å². The molecule has 0 radical (unpaired) electrons. The lowest BCUT2D eigenvalue weighted by atomic mass is 10.1. The quantitative estimate of drug-likeness (QED) is 0.786. The molecule has 0 atom stereocenters. The molecule has 26 heavy (non-hydrogen) atoms. The second kappa shape index (κ2) is 6.76. The highest BCUT2D eigenvalue weighted by Crippen LogP contribution is 2.21. The Hall–Kier alpha value is -2.93. The fourth-order valence-corrected chi connectivity index (χ4v) is 3.17. The third-order valence-electron chi connectivity index (χ3n) is 4.53. The van der Waals surface area contributed by atoms with Gasteiger partial charge < -0.3 is 4.98 Å². The smallest absolute Gasteiger partial charge is 0.255 e. The van der Waals surface area contributed by atoms with Gasteiger partial charge in [-0.25, -0.2) is 13.8 Å². The zero-order valence-corrected chi connectivity index (χ0v) is 13.9. The van der Waals surface area contributed by atoms with Crippen molar-refractivity contribution in [1.82, 2.24) is 19.9 Å². The molecule has 1 N–H and O–H groups in total. The average molecular weight is 354 g/mol. The number of benzene rings is 1. The normalized spacial score (nSPS) is 14.2. The van der Waals surface area contributed by atoms with Gasteiger partial charge in [0.25, 0.3) is 5.56 Å². The van der Waals surface area contributed by atoms with Gasteiger partial charge in [0.2, 0.25) is 0 Å². The molecule has 4 rings (SSSR count). The van der Waals surface area contributed by atoms with E-state index < -0.39 is 11.6 Å². The molecule has 132 valence electrons. The molecule has 0 aliphatic carbocycles. The number of aromatic nitrogens is 3. The van der Waals surface area contributed by atoms with Crippen LogP contribution in [0, 0.1) is 11.6 Å². The SMILES string of the molecule is O=c1[nH]c(-c2ccncc2)nc2c1CN(Cc1cccc(F)c1F)CC2. The van der Waals surface area contributed by atoms with Gasteiger partial charge in [-0.1, -0.05) is 12.1 Å². The summed E-state index contributed by atoms with van der Waals surface area (Å²) in [6, 6.07) is 7.71. The standard InChI is InChI=1S/C19H16F2N4O/c20-15-3-1-2-13(17(15)21)10-25-9-6-16-14(11-25)19(26)24-18(23-16)12-4-7-22-8-5-12/h1-5,7-8H,6,9-11H2,(H,23,24,26). The van der Waals surface area contributed by atoms with Crippen LogP contribution in [0.15, 0.2) is 47.5 Å². The second-order valence-corrected chi connectivity index (χ2v) is 6.25. The van der Waals surface area contributed by atoms with Gasteiger partial charge in [0, 0.05) is 49.6 Å². The highest BCUT2D eigenvalue weighted by Gasteiger charge is 2.22. The number of nitrogens with one attached hydrogen (secondary N) is 1. The highest BCUT2D eigenvalue weighted by molar-refractivity contribution is 5.54. The minimum Gasteiger partial charge on any atom is -0.306 e. The fraction of sp³-hybridized carbons (Fsp3) is 0.211. The van der Waals surface area contributed by atoms with E-state index in [2.05, 4.69) is 15.0 Å². The first-order valence-electron chi connectivity index (χ1n) is 8.29. The van der Waals surface area contributed by atoms with Crippen molar-refractivity contribution < 1.29 is 8.78 Å². The van der Waals surface area contributed by atoms with Crippen molar-refractivity contribution in [2.45, 2.75) is 19.5 Å². The number of fused-ring (bicyclic) bond motifs is 1. The van der Waals surface area contributed by atoms with Crippen molar-refractivity contribution in [1.29, 1.82) is 0 Å². The number of H-pyrrole nitrogens is 1. The summed E-state index contributed by atoms with van der Waals surface area (Å²) in [5, 5.41) is 0. The Kier molecular flexibility index (Phi) is 4.30. The molecule has 2 aromatic heterocycles. The van der Waals surface area contributed by atoms with Crippen molar-refractivity contribution in [3.05, 3.63) is 81.5 Å². The number of hydrogen-bond donors (Lipinski definition) is 1. The maximum atomic E-state index is 13.9. The van der Waals surface area contributed by atoms with Crippen molar-refractivity contribution >= 4 is 0 Å². The summed E-state index contributed by atoms with van der Waals surface area (Å²) in [7, 11) is 0. The lowest BCUT2D eigenvalue weighted by Gasteiger charge is -2.27. The van der Waals surface area contributed by atoms with Gasteiger partial charge in [-0.15, -0.1) is 0 Å². The molecule has 0 saturated heterocycles. The molecule has 1 aromatic carbocycles. The van der Waals surface area contributed by atoms with E-state index in [0.717, 1.165) is 17.3 Å². The van der Waals surface area contributed by atoms with E-state index in [4.69, 9.17) is 0 Å². The molecule has 0 spiro atoms. The molecule has 3 heterocycles. The van der Waals surface area contributed by atoms with Crippen molar-refractivity contribution in [3.8, 4) is 11.4 Å². The molecule has 1 aliphatic heterocycles. The van der Waals surface area contributed by atoms with Crippen LogP contribution < -0.4 is 5.56 Å². The second-order valence-electron chi connectivity index (χ2n) is 6.25. The van der Waals surface area contributed by atoms with Crippen LogP contribution in [0.5, 0.6) is 0 Å². The van der Waals surface area contributed by atoms with Crippen LogP contribution in [0.2, 0.25) is 0 Å². The van der Waals surface area contributed by atoms with Gasteiger partial charge in [-0.2, -0.15) is 0 Å². The molecule has 0 fully saturated rings. The number of pyridine rings is 1. The van der Waals surface area contributed by atoms with Crippen LogP contribution in [-0.2, 0) is 19.5 Å². The molecule has 3 aromatic rings. The Labute approximate surface area is 148 Å². The first-order valence-corrected chi connectivity index (χ1v) is 8.29. The van der Waals surface area contributed by atoms with E-state index >= 15 is 0 Å². The maximum Gasteiger partial charge on any atom is 0.255 e. The summed E-state index contributed by atoms with van der Waals surface area (Å²) in [6.07, 6.45) is 3.86. The van der Waals surface area contributed by atoms with Gasteiger partial charge in [-0.3, -0.25) is 14.7 Å². The first-order chi connectivity index (χ1) is 12.6. The van der Waals surface area contributed by atoms with Crippen LogP contribution in [0.3, 0.4) is 0 Å². The Morgan fingerprint density at radius 1 is 1.15 bits per heavy atom. The number of rotatable bonds is 3. The van der Waals surface area contributed by atoms with E-state index in [9.17, 15) is 13.6 Å². The molecule has 0 unspecified atom stereocenters. The Bertz CT molecular complexity index is 1000. The Balaban J connectivity index is 1.60. The lowest BCUT2D eigenvalue weighted by molar-refractivity contribution is 0.237. The minimum absolute atomic E-state index is 0.203. The van der Waals surface area contributed by atoms with Crippen LogP contribution in [0.25, 0.3) is 11.4 Å². The third kappa shape index (κ3) is 3.13. The largest absolute Gasteiger partial charge is 0.306 e. The summed E-state index contributed by atoms with van der Waals surface area (Å²) in [6.45, 7) is 1.22. The van der Waals surface area contributed by atoms with Crippen molar-refractivity contribution in [3.63, 3.8) is 0 Å².